The van der Waals surface area contributed by atoms with E-state index in [0.29, 0.717) is 33.5 Å². The van der Waals surface area contributed by atoms with Gasteiger partial charge in [-0.2, -0.15) is 0 Å². The number of hydrogen-bond donors (Lipinski definition) is 0. The Morgan fingerprint density at radius 1 is 0.729 bits per heavy atom. The van der Waals surface area contributed by atoms with E-state index in [9.17, 15) is 0 Å². The first-order valence-corrected chi connectivity index (χ1v) is 23.4. The van der Waals surface area contributed by atoms with Crippen LogP contribution in [0.25, 0.3) is 72.4 Å². The van der Waals surface area contributed by atoms with Gasteiger partial charge in [-0.15, -0.1) is 53.1 Å². The Labute approximate surface area is 372 Å². The van der Waals surface area contributed by atoms with Crippen molar-refractivity contribution in [1.82, 2.24) is 14.5 Å². The van der Waals surface area contributed by atoms with E-state index in [1.807, 2.05) is 60.8 Å². The summed E-state index contributed by atoms with van der Waals surface area (Å²) in [6.07, 6.45) is 1.92. The topological polar surface area (TPSA) is 43.9 Å². The van der Waals surface area contributed by atoms with Crippen LogP contribution < -0.4 is 5.19 Å². The number of furan rings is 1. The minimum Gasteiger partial charge on any atom is -0.501 e. The summed E-state index contributed by atoms with van der Waals surface area (Å²) < 4.78 is 55.6. The van der Waals surface area contributed by atoms with Gasteiger partial charge >= 0.3 is 0 Å². The van der Waals surface area contributed by atoms with E-state index >= 15 is 0 Å². The first-order chi connectivity index (χ1) is 30.3. The van der Waals surface area contributed by atoms with E-state index in [4.69, 9.17) is 17.6 Å². The van der Waals surface area contributed by atoms with Crippen molar-refractivity contribution in [2.75, 3.05) is 0 Å². The smallest absolute Gasteiger partial charge is 0.120 e. The molecule has 9 rings (SSSR count). The van der Waals surface area contributed by atoms with Gasteiger partial charge in [0.2, 0.25) is 0 Å². The van der Waals surface area contributed by atoms with Crippen LogP contribution >= 0.6 is 0 Å². The minimum atomic E-state index is -2.33. The van der Waals surface area contributed by atoms with Crippen molar-refractivity contribution in [3.05, 3.63) is 168 Å². The molecule has 3 aromatic heterocycles. The van der Waals surface area contributed by atoms with Crippen molar-refractivity contribution in [1.29, 1.82) is 0 Å². The second-order valence-electron chi connectivity index (χ2n) is 16.5. The van der Waals surface area contributed by atoms with Crippen LogP contribution in [-0.4, -0.2) is 22.6 Å². The minimum absolute atomic E-state index is 0. The monoisotopic (exact) mass is 972 g/mol. The first kappa shape index (κ1) is 34.5. The van der Waals surface area contributed by atoms with Crippen molar-refractivity contribution in [2.24, 2.45) is 0 Å². The zero-order chi connectivity index (χ0) is 45.7. The fourth-order valence-corrected chi connectivity index (χ4v) is 8.59. The number of aryl methyl sites for hydroxylation is 2. The maximum atomic E-state index is 8.30. The van der Waals surface area contributed by atoms with Gasteiger partial charge in [-0.25, -0.2) is 0 Å². The molecular weight excluding hydrogens is 915 g/mol. The Bertz CT molecular complexity index is 3030. The fraction of sp³-hybridized carbons (Fsp3) is 0.208. The number of benzene rings is 6. The molecule has 0 N–H and O–H groups in total. The molecule has 0 saturated heterocycles. The Morgan fingerprint density at radius 3 is 2.08 bits per heavy atom. The summed E-state index contributed by atoms with van der Waals surface area (Å²) in [6.45, 7) is 11.3. The van der Waals surface area contributed by atoms with E-state index in [-0.39, 0.29) is 37.5 Å². The average molecular weight is 972 g/mol. The predicted molar refractivity (Wildman–Crippen MR) is 247 cm³/mol. The summed E-state index contributed by atoms with van der Waals surface area (Å²) in [6, 6.07) is 47.8. The second kappa shape index (κ2) is 17.1. The molecule has 0 aliphatic rings. The zero-order valence-corrected chi connectivity index (χ0v) is 37.8. The zero-order valence-electron chi connectivity index (χ0n) is 40.4. The van der Waals surface area contributed by atoms with Crippen LogP contribution in [0.1, 0.15) is 70.0 Å². The van der Waals surface area contributed by atoms with Gasteiger partial charge < -0.3 is 14.0 Å². The molecular formula is C53H51IrN3OSi-2. The number of nitrogens with zero attached hydrogens (tertiary/aromatic N) is 3. The second-order valence-corrected chi connectivity index (χ2v) is 21.6. The maximum absolute atomic E-state index is 8.30. The number of imidazole rings is 1. The van der Waals surface area contributed by atoms with E-state index < -0.39 is 21.8 Å². The van der Waals surface area contributed by atoms with Crippen LogP contribution in [-0.2, 0) is 20.1 Å². The molecule has 0 spiro atoms. The summed E-state index contributed by atoms with van der Waals surface area (Å²) in [7, 11) is -1.34. The van der Waals surface area contributed by atoms with E-state index in [0.717, 1.165) is 33.4 Å². The van der Waals surface area contributed by atoms with Crippen molar-refractivity contribution >= 4 is 46.2 Å². The van der Waals surface area contributed by atoms with Crippen LogP contribution in [0.5, 0.6) is 0 Å². The molecule has 6 aromatic carbocycles. The Kier molecular flexibility index (Phi) is 9.97. The standard InChI is InChI=1S/C38H33N2O.C15H18NSi.Ir/c1-23(2)30-21-27(26-13-7-6-8-14-26)22-31(24(3)4)36(30)40-33-17-11-10-16-32(33)39-38(40)29-20-19-25(5)35-28-15-9-12-18-34(28)41-37(29)35;1-12-5-7-13(8-6-12)15-10-9-14(11-16-15)17(2,3)4;/h6-19,21-24H,1-5H3;5-7,9-11H,1-4H3;/q2*-1;/i5D3;1D3;. The van der Waals surface area contributed by atoms with Gasteiger partial charge in [-0.1, -0.05) is 145 Å². The van der Waals surface area contributed by atoms with Gasteiger partial charge in [0.1, 0.15) is 5.58 Å². The van der Waals surface area contributed by atoms with Crippen LogP contribution in [0.15, 0.2) is 138 Å². The molecule has 0 fully saturated rings. The van der Waals surface area contributed by atoms with Gasteiger partial charge in [0.05, 0.1) is 30.5 Å². The third kappa shape index (κ3) is 8.27. The number of fused-ring (bicyclic) bond motifs is 4. The number of para-hydroxylation sites is 3. The molecule has 0 aliphatic heterocycles. The quantitative estimate of drug-likeness (QED) is 0.118. The molecule has 0 atom stereocenters. The Hall–Kier alpha value is -5.39. The molecule has 299 valence electrons. The summed E-state index contributed by atoms with van der Waals surface area (Å²) >= 11 is 0. The van der Waals surface area contributed by atoms with Gasteiger partial charge in [0.25, 0.3) is 0 Å². The van der Waals surface area contributed by atoms with Crippen LogP contribution in [0, 0.1) is 25.8 Å². The average Bonchev–Trinajstić information content (AvgIpc) is 3.84. The van der Waals surface area contributed by atoms with E-state index in [1.165, 1.54) is 33.5 Å². The number of pyridine rings is 1. The molecule has 0 aliphatic carbocycles. The number of hydrogen-bond acceptors (Lipinski definition) is 3. The van der Waals surface area contributed by atoms with Crippen molar-refractivity contribution in [2.45, 2.75) is 72.9 Å². The number of aromatic nitrogens is 3. The van der Waals surface area contributed by atoms with Gasteiger partial charge in [0, 0.05) is 45.6 Å². The summed E-state index contributed by atoms with van der Waals surface area (Å²) in [4.78, 5) is 9.65. The van der Waals surface area contributed by atoms with Crippen molar-refractivity contribution in [3.8, 4) is 39.5 Å². The molecule has 9 aromatic rings. The predicted octanol–water partition coefficient (Wildman–Crippen LogP) is 14.0. The Balaban J connectivity index is 0.000000253. The normalized spacial score (nSPS) is 13.6. The van der Waals surface area contributed by atoms with Crippen LogP contribution in [0.2, 0.25) is 19.6 Å². The molecule has 6 heteroatoms. The third-order valence-corrected chi connectivity index (χ3v) is 12.7. The molecule has 0 amide bonds. The molecule has 1 radical (unpaired) electrons. The molecule has 3 heterocycles. The SMILES string of the molecule is [2H]C([2H])([2H])c1c[c-]c(-c2ccc([Si](C)(C)C)cn2)cc1.[2H]C([2H])([2H])c1c[c-]c(-c2nc3ccccc3n2-c2c(C(C)C)cc(-c3ccccc3)cc2C(C)C)c2oc3ccccc3c12.[Ir]. The van der Waals surface area contributed by atoms with Crippen LogP contribution in [0.4, 0.5) is 0 Å². The summed E-state index contributed by atoms with van der Waals surface area (Å²) in [5.74, 6) is 1.10. The van der Waals surface area contributed by atoms with E-state index in [2.05, 4.69) is 118 Å². The van der Waals surface area contributed by atoms with E-state index in [1.54, 1.807) is 18.2 Å². The maximum Gasteiger partial charge on any atom is 0.120 e. The number of rotatable bonds is 7. The van der Waals surface area contributed by atoms with Gasteiger partial charge in [0.15, 0.2) is 0 Å². The largest absolute Gasteiger partial charge is 0.501 e. The summed E-state index contributed by atoms with van der Waals surface area (Å²) in [5, 5.41) is 2.66. The Morgan fingerprint density at radius 2 is 1.44 bits per heavy atom. The first-order valence-electron chi connectivity index (χ1n) is 22.9. The molecule has 59 heavy (non-hydrogen) atoms. The molecule has 0 bridgehead atoms. The molecule has 0 unspecified atom stereocenters. The fourth-order valence-electron chi connectivity index (χ4n) is 7.55. The summed E-state index contributed by atoms with van der Waals surface area (Å²) in [5.41, 5.74) is 11.6. The van der Waals surface area contributed by atoms with Gasteiger partial charge in [-0.3, -0.25) is 4.98 Å². The van der Waals surface area contributed by atoms with Crippen molar-refractivity contribution < 1.29 is 32.7 Å². The molecule has 4 nitrogen and oxygen atoms in total. The van der Waals surface area contributed by atoms with Crippen molar-refractivity contribution in [3.63, 3.8) is 0 Å². The third-order valence-electron chi connectivity index (χ3n) is 10.7. The van der Waals surface area contributed by atoms with Crippen LogP contribution in [0.3, 0.4) is 0 Å². The molecule has 0 saturated carbocycles. The van der Waals surface area contributed by atoms with Gasteiger partial charge in [-0.05, 0) is 75.3 Å².